The predicted molar refractivity (Wildman–Crippen MR) is 96.6 cm³/mol. The SMILES string of the molecule is CCCCOc1ccc(/C=N/NC(=O)c2cccc(O)c2)cc1OC. The van der Waals surface area contributed by atoms with E-state index in [2.05, 4.69) is 17.5 Å². The summed E-state index contributed by atoms with van der Waals surface area (Å²) in [7, 11) is 1.58. The molecular weight excluding hydrogens is 320 g/mol. The molecule has 0 fully saturated rings. The fraction of sp³-hybridized carbons (Fsp3) is 0.263. The molecular formula is C19H22N2O4. The summed E-state index contributed by atoms with van der Waals surface area (Å²) in [5.41, 5.74) is 3.50. The van der Waals surface area contributed by atoms with E-state index in [1.165, 1.54) is 18.3 Å². The Kier molecular flexibility index (Phi) is 6.83. The highest BCUT2D eigenvalue weighted by molar-refractivity contribution is 5.95. The Morgan fingerprint density at radius 3 is 2.80 bits per heavy atom. The number of unbranched alkanes of at least 4 members (excludes halogenated alkanes) is 1. The van der Waals surface area contributed by atoms with E-state index in [1.807, 2.05) is 12.1 Å². The minimum atomic E-state index is -0.404. The van der Waals surface area contributed by atoms with Gasteiger partial charge in [-0.3, -0.25) is 4.79 Å². The van der Waals surface area contributed by atoms with Crippen molar-refractivity contribution >= 4 is 12.1 Å². The number of phenolic OH excluding ortho intramolecular Hbond substituents is 1. The van der Waals surface area contributed by atoms with E-state index < -0.39 is 5.91 Å². The van der Waals surface area contributed by atoms with Crippen LogP contribution in [0.2, 0.25) is 0 Å². The van der Waals surface area contributed by atoms with Crippen LogP contribution in [0.4, 0.5) is 0 Å². The lowest BCUT2D eigenvalue weighted by molar-refractivity contribution is 0.0954. The number of nitrogens with zero attached hydrogens (tertiary/aromatic N) is 1. The normalized spacial score (nSPS) is 10.6. The zero-order chi connectivity index (χ0) is 18.1. The summed E-state index contributed by atoms with van der Waals surface area (Å²) in [6.45, 7) is 2.74. The summed E-state index contributed by atoms with van der Waals surface area (Å²) in [5, 5.41) is 13.3. The van der Waals surface area contributed by atoms with Gasteiger partial charge in [0, 0.05) is 5.56 Å². The number of hydrazone groups is 1. The second kappa shape index (κ2) is 9.32. The fourth-order valence-corrected chi connectivity index (χ4v) is 2.09. The van der Waals surface area contributed by atoms with Gasteiger partial charge < -0.3 is 14.6 Å². The Morgan fingerprint density at radius 2 is 2.08 bits per heavy atom. The lowest BCUT2D eigenvalue weighted by Gasteiger charge is -2.10. The van der Waals surface area contributed by atoms with Gasteiger partial charge in [0.15, 0.2) is 11.5 Å². The predicted octanol–water partition coefficient (Wildman–Crippen LogP) is 3.34. The van der Waals surface area contributed by atoms with Crippen LogP contribution in [0, 0.1) is 0 Å². The maximum absolute atomic E-state index is 11.9. The molecule has 0 aliphatic heterocycles. The highest BCUT2D eigenvalue weighted by Crippen LogP contribution is 2.27. The van der Waals surface area contributed by atoms with Crippen LogP contribution >= 0.6 is 0 Å². The zero-order valence-corrected chi connectivity index (χ0v) is 14.4. The number of aromatic hydroxyl groups is 1. The number of carbonyl (C=O) groups excluding carboxylic acids is 1. The number of rotatable bonds is 8. The Hall–Kier alpha value is -3.02. The highest BCUT2D eigenvalue weighted by Gasteiger charge is 2.06. The molecule has 0 heterocycles. The monoisotopic (exact) mass is 342 g/mol. The van der Waals surface area contributed by atoms with E-state index in [9.17, 15) is 9.90 Å². The van der Waals surface area contributed by atoms with Gasteiger partial charge >= 0.3 is 0 Å². The number of hydrogen-bond acceptors (Lipinski definition) is 5. The van der Waals surface area contributed by atoms with Crippen LogP contribution in [0.5, 0.6) is 17.2 Å². The molecule has 0 spiro atoms. The first kappa shape index (κ1) is 18.3. The lowest BCUT2D eigenvalue weighted by Crippen LogP contribution is -2.17. The van der Waals surface area contributed by atoms with Gasteiger partial charge in [-0.25, -0.2) is 5.43 Å². The maximum atomic E-state index is 11.9. The quantitative estimate of drug-likeness (QED) is 0.438. The van der Waals surface area contributed by atoms with Crippen molar-refractivity contribution in [3.8, 4) is 17.2 Å². The molecule has 0 unspecified atom stereocenters. The molecule has 6 nitrogen and oxygen atoms in total. The summed E-state index contributed by atoms with van der Waals surface area (Å²) in [6.07, 6.45) is 3.55. The first-order chi connectivity index (χ1) is 12.1. The van der Waals surface area contributed by atoms with Gasteiger partial charge in [-0.15, -0.1) is 0 Å². The van der Waals surface area contributed by atoms with Crippen molar-refractivity contribution in [1.29, 1.82) is 0 Å². The molecule has 0 atom stereocenters. The molecule has 0 saturated heterocycles. The molecule has 1 amide bonds. The van der Waals surface area contributed by atoms with Crippen molar-refractivity contribution in [2.24, 2.45) is 5.10 Å². The molecule has 0 radical (unpaired) electrons. The Morgan fingerprint density at radius 1 is 1.24 bits per heavy atom. The second-order valence-electron chi connectivity index (χ2n) is 5.36. The Labute approximate surface area is 147 Å². The maximum Gasteiger partial charge on any atom is 0.271 e. The van der Waals surface area contributed by atoms with Crippen LogP contribution < -0.4 is 14.9 Å². The number of ether oxygens (including phenoxy) is 2. The van der Waals surface area contributed by atoms with Crippen LogP contribution in [0.15, 0.2) is 47.6 Å². The minimum Gasteiger partial charge on any atom is -0.508 e. The van der Waals surface area contributed by atoms with Gasteiger partial charge in [0.1, 0.15) is 5.75 Å². The third-order valence-corrected chi connectivity index (χ3v) is 3.43. The second-order valence-corrected chi connectivity index (χ2v) is 5.36. The smallest absolute Gasteiger partial charge is 0.271 e. The topological polar surface area (TPSA) is 80.2 Å². The summed E-state index contributed by atoms with van der Waals surface area (Å²) in [4.78, 5) is 11.9. The number of phenols is 1. The van der Waals surface area contributed by atoms with E-state index in [0.717, 1.165) is 18.4 Å². The van der Waals surface area contributed by atoms with Gasteiger partial charge in [0.25, 0.3) is 5.91 Å². The van der Waals surface area contributed by atoms with Crippen molar-refractivity contribution in [3.05, 3.63) is 53.6 Å². The van der Waals surface area contributed by atoms with Gasteiger partial charge in [-0.2, -0.15) is 5.10 Å². The van der Waals surface area contributed by atoms with Crippen LogP contribution in [0.1, 0.15) is 35.7 Å². The van der Waals surface area contributed by atoms with E-state index in [1.54, 1.807) is 25.3 Å². The zero-order valence-electron chi connectivity index (χ0n) is 14.4. The van der Waals surface area contributed by atoms with Crippen LogP contribution in [0.3, 0.4) is 0 Å². The average Bonchev–Trinajstić information content (AvgIpc) is 2.62. The molecule has 2 aromatic rings. The van der Waals surface area contributed by atoms with E-state index in [4.69, 9.17) is 9.47 Å². The van der Waals surface area contributed by atoms with Gasteiger partial charge in [0.05, 0.1) is 19.9 Å². The number of methoxy groups -OCH3 is 1. The summed E-state index contributed by atoms with van der Waals surface area (Å²) < 4.78 is 11.0. The van der Waals surface area contributed by atoms with Crippen LogP contribution in [-0.4, -0.2) is 30.9 Å². The molecule has 0 saturated carbocycles. The van der Waals surface area contributed by atoms with Gasteiger partial charge in [-0.05, 0) is 48.4 Å². The van der Waals surface area contributed by atoms with Gasteiger partial charge in [-0.1, -0.05) is 19.4 Å². The largest absolute Gasteiger partial charge is 0.508 e. The summed E-state index contributed by atoms with van der Waals surface area (Å²) in [5.74, 6) is 0.912. The number of benzene rings is 2. The third-order valence-electron chi connectivity index (χ3n) is 3.43. The van der Waals surface area contributed by atoms with E-state index in [-0.39, 0.29) is 5.75 Å². The first-order valence-electron chi connectivity index (χ1n) is 8.07. The van der Waals surface area contributed by atoms with Crippen molar-refractivity contribution in [2.75, 3.05) is 13.7 Å². The minimum absolute atomic E-state index is 0.0278. The van der Waals surface area contributed by atoms with E-state index >= 15 is 0 Å². The van der Waals surface area contributed by atoms with Crippen molar-refractivity contribution in [2.45, 2.75) is 19.8 Å². The number of nitrogens with one attached hydrogen (secondary N) is 1. The summed E-state index contributed by atoms with van der Waals surface area (Å²) >= 11 is 0. The van der Waals surface area contributed by atoms with Gasteiger partial charge in [0.2, 0.25) is 0 Å². The standard InChI is InChI=1S/C19H22N2O4/c1-3-4-10-25-17-9-8-14(11-18(17)24-2)13-20-21-19(23)15-6-5-7-16(22)12-15/h5-9,11-13,22H,3-4,10H2,1-2H3,(H,21,23)/b20-13+. The first-order valence-corrected chi connectivity index (χ1v) is 8.07. The fourth-order valence-electron chi connectivity index (χ4n) is 2.09. The molecule has 132 valence electrons. The molecule has 0 aliphatic carbocycles. The highest BCUT2D eigenvalue weighted by atomic mass is 16.5. The molecule has 6 heteroatoms. The molecule has 0 aliphatic rings. The molecule has 2 N–H and O–H groups in total. The van der Waals surface area contributed by atoms with Crippen LogP contribution in [0.25, 0.3) is 0 Å². The Bertz CT molecular complexity index is 744. The van der Waals surface area contributed by atoms with Crippen molar-refractivity contribution in [1.82, 2.24) is 5.43 Å². The van der Waals surface area contributed by atoms with Crippen molar-refractivity contribution < 1.29 is 19.4 Å². The number of hydrogen-bond donors (Lipinski definition) is 2. The lowest BCUT2D eigenvalue weighted by atomic mass is 10.2. The molecule has 2 aromatic carbocycles. The molecule has 25 heavy (non-hydrogen) atoms. The molecule has 0 bridgehead atoms. The third kappa shape index (κ3) is 5.53. The van der Waals surface area contributed by atoms with E-state index in [0.29, 0.717) is 23.7 Å². The average molecular weight is 342 g/mol. The molecule has 0 aromatic heterocycles. The Balaban J connectivity index is 1.99. The van der Waals surface area contributed by atoms with Crippen LogP contribution in [-0.2, 0) is 0 Å². The van der Waals surface area contributed by atoms with Crippen molar-refractivity contribution in [3.63, 3.8) is 0 Å². The molecule has 2 rings (SSSR count). The number of amides is 1. The number of carbonyl (C=O) groups is 1. The summed E-state index contributed by atoms with van der Waals surface area (Å²) in [6, 6.07) is 11.5.